The summed E-state index contributed by atoms with van der Waals surface area (Å²) in [5, 5.41) is 10.3. The van der Waals surface area contributed by atoms with Gasteiger partial charge in [-0.25, -0.2) is 9.78 Å². The van der Waals surface area contributed by atoms with Gasteiger partial charge in [-0.15, -0.1) is 0 Å². The molecule has 6 nitrogen and oxygen atoms in total. The van der Waals surface area contributed by atoms with E-state index in [1.54, 1.807) is 30.3 Å². The van der Waals surface area contributed by atoms with E-state index < -0.39 is 6.10 Å². The Morgan fingerprint density at radius 3 is 2.57 bits per heavy atom. The van der Waals surface area contributed by atoms with Gasteiger partial charge in [-0.05, 0) is 33.2 Å². The molecule has 0 unspecified atom stereocenters. The van der Waals surface area contributed by atoms with Crippen LogP contribution in [0.15, 0.2) is 18.3 Å². The summed E-state index contributed by atoms with van der Waals surface area (Å²) in [5.41, 5.74) is 0.691. The normalized spacial score (nSPS) is 12.3. The van der Waals surface area contributed by atoms with Gasteiger partial charge < -0.3 is 14.9 Å². The number of carbonyl (C=O) groups excluding carboxylic acids is 1. The van der Waals surface area contributed by atoms with Crippen molar-refractivity contribution in [3.8, 4) is 0 Å². The second-order valence-electron chi connectivity index (χ2n) is 5.16. The minimum absolute atomic E-state index is 0.183. The van der Waals surface area contributed by atoms with Crippen LogP contribution in [-0.4, -0.2) is 72.8 Å². The van der Waals surface area contributed by atoms with Crippen LogP contribution >= 0.6 is 11.6 Å². The molecule has 0 saturated heterocycles. The third kappa shape index (κ3) is 5.49. The predicted molar refractivity (Wildman–Crippen MR) is 84.9 cm³/mol. The number of anilines is 1. The molecule has 1 aromatic rings. The SMILES string of the molecule is CCN(C(=O)N(C)C[C@H](O)CN(C)C)c1ccnc(Cl)c1. The first-order chi connectivity index (χ1) is 9.85. The summed E-state index contributed by atoms with van der Waals surface area (Å²) in [6.45, 7) is 3.17. The summed E-state index contributed by atoms with van der Waals surface area (Å²) in [6.07, 6.45) is 0.975. The minimum atomic E-state index is -0.589. The largest absolute Gasteiger partial charge is 0.390 e. The van der Waals surface area contributed by atoms with Gasteiger partial charge in [0.25, 0.3) is 0 Å². The van der Waals surface area contributed by atoms with E-state index in [-0.39, 0.29) is 12.6 Å². The van der Waals surface area contributed by atoms with Crippen LogP contribution in [-0.2, 0) is 0 Å². The number of urea groups is 1. The van der Waals surface area contributed by atoms with Gasteiger partial charge in [0, 0.05) is 38.6 Å². The Bertz CT molecular complexity index is 470. The number of pyridine rings is 1. The van der Waals surface area contributed by atoms with Crippen molar-refractivity contribution >= 4 is 23.3 Å². The fraction of sp³-hybridized carbons (Fsp3) is 0.571. The number of hydrogen-bond acceptors (Lipinski definition) is 4. The number of likely N-dealkylation sites (N-methyl/N-ethyl adjacent to an activating group) is 2. The number of nitrogens with zero attached hydrogens (tertiary/aromatic N) is 4. The molecule has 2 amide bonds. The first-order valence-electron chi connectivity index (χ1n) is 6.82. The molecule has 1 atom stereocenters. The zero-order valence-electron chi connectivity index (χ0n) is 13.0. The standard InChI is InChI=1S/C14H23ClN4O2/c1-5-19(11-6-7-16-13(15)8-11)14(21)18(4)10-12(20)9-17(2)3/h6-8,12,20H,5,9-10H2,1-4H3/t12-/m1/s1. The topological polar surface area (TPSA) is 59.9 Å². The molecule has 1 rings (SSSR count). The molecule has 0 bridgehead atoms. The van der Waals surface area contributed by atoms with Crippen molar-refractivity contribution in [3.05, 3.63) is 23.5 Å². The van der Waals surface area contributed by atoms with Crippen LogP contribution in [0.1, 0.15) is 6.92 Å². The molecule has 0 aromatic carbocycles. The van der Waals surface area contributed by atoms with E-state index >= 15 is 0 Å². The summed E-state index contributed by atoms with van der Waals surface area (Å²) in [5.74, 6) is 0. The number of aliphatic hydroxyl groups is 1. The lowest BCUT2D eigenvalue weighted by atomic mass is 10.3. The lowest BCUT2D eigenvalue weighted by Crippen LogP contribution is -2.46. The smallest absolute Gasteiger partial charge is 0.324 e. The Morgan fingerprint density at radius 2 is 2.05 bits per heavy atom. The van der Waals surface area contributed by atoms with E-state index in [0.717, 1.165) is 0 Å². The van der Waals surface area contributed by atoms with Crippen LogP contribution in [0.3, 0.4) is 0 Å². The number of halogens is 1. The summed E-state index contributed by atoms with van der Waals surface area (Å²) in [6, 6.07) is 3.20. The fourth-order valence-electron chi connectivity index (χ4n) is 2.07. The van der Waals surface area contributed by atoms with Crippen molar-refractivity contribution in [2.75, 3.05) is 45.7 Å². The average molecular weight is 315 g/mol. The first-order valence-corrected chi connectivity index (χ1v) is 7.20. The third-order valence-electron chi connectivity index (χ3n) is 2.96. The molecule has 0 radical (unpaired) electrons. The summed E-state index contributed by atoms with van der Waals surface area (Å²) < 4.78 is 0. The van der Waals surface area contributed by atoms with Gasteiger partial charge in [-0.2, -0.15) is 0 Å². The quantitative estimate of drug-likeness (QED) is 0.809. The number of carbonyl (C=O) groups is 1. The van der Waals surface area contributed by atoms with Gasteiger partial charge in [0.15, 0.2) is 0 Å². The molecule has 0 aliphatic rings. The maximum absolute atomic E-state index is 12.5. The van der Waals surface area contributed by atoms with Crippen molar-refractivity contribution in [1.29, 1.82) is 0 Å². The van der Waals surface area contributed by atoms with Crippen LogP contribution in [0.2, 0.25) is 5.15 Å². The Morgan fingerprint density at radius 1 is 1.38 bits per heavy atom. The highest BCUT2D eigenvalue weighted by molar-refractivity contribution is 6.29. The zero-order chi connectivity index (χ0) is 16.0. The van der Waals surface area contributed by atoms with E-state index in [4.69, 9.17) is 11.6 Å². The minimum Gasteiger partial charge on any atom is -0.390 e. The van der Waals surface area contributed by atoms with E-state index in [1.165, 1.54) is 4.90 Å². The molecular weight excluding hydrogens is 292 g/mol. The van der Waals surface area contributed by atoms with Crippen LogP contribution in [0.4, 0.5) is 10.5 Å². The lowest BCUT2D eigenvalue weighted by molar-refractivity contribution is 0.107. The molecule has 1 aromatic heterocycles. The van der Waals surface area contributed by atoms with Gasteiger partial charge >= 0.3 is 6.03 Å². The van der Waals surface area contributed by atoms with Crippen LogP contribution in [0, 0.1) is 0 Å². The Balaban J connectivity index is 2.74. The second-order valence-corrected chi connectivity index (χ2v) is 5.55. The molecule has 118 valence electrons. The number of hydrogen-bond donors (Lipinski definition) is 1. The number of aromatic nitrogens is 1. The maximum atomic E-state index is 12.5. The molecule has 1 heterocycles. The molecule has 0 saturated carbocycles. The van der Waals surface area contributed by atoms with Crippen LogP contribution in [0.25, 0.3) is 0 Å². The molecular formula is C14H23ClN4O2. The molecule has 21 heavy (non-hydrogen) atoms. The number of rotatable bonds is 6. The molecule has 0 fully saturated rings. The van der Waals surface area contributed by atoms with Gasteiger partial charge in [0.05, 0.1) is 6.10 Å². The highest BCUT2D eigenvalue weighted by Gasteiger charge is 2.20. The summed E-state index contributed by atoms with van der Waals surface area (Å²) in [4.78, 5) is 21.4. The van der Waals surface area contributed by atoms with Gasteiger partial charge in [-0.1, -0.05) is 11.6 Å². The molecule has 0 aliphatic carbocycles. The van der Waals surface area contributed by atoms with Crippen molar-refractivity contribution in [1.82, 2.24) is 14.8 Å². The number of aliphatic hydroxyl groups excluding tert-OH is 1. The van der Waals surface area contributed by atoms with Crippen LogP contribution in [0.5, 0.6) is 0 Å². The van der Waals surface area contributed by atoms with Crippen LogP contribution < -0.4 is 4.90 Å². The second kappa shape index (κ2) is 8.17. The van der Waals surface area contributed by atoms with E-state index in [2.05, 4.69) is 4.98 Å². The molecule has 7 heteroatoms. The predicted octanol–water partition coefficient (Wildman–Crippen LogP) is 1.54. The van der Waals surface area contributed by atoms with Gasteiger partial charge in [0.1, 0.15) is 5.15 Å². The van der Waals surface area contributed by atoms with E-state index in [9.17, 15) is 9.90 Å². The van der Waals surface area contributed by atoms with E-state index in [1.807, 2.05) is 25.9 Å². The molecule has 0 aliphatic heterocycles. The van der Waals surface area contributed by atoms with Crippen molar-refractivity contribution in [3.63, 3.8) is 0 Å². The zero-order valence-corrected chi connectivity index (χ0v) is 13.7. The van der Waals surface area contributed by atoms with Gasteiger partial charge in [0.2, 0.25) is 0 Å². The average Bonchev–Trinajstić information content (AvgIpc) is 2.38. The highest BCUT2D eigenvalue weighted by Crippen LogP contribution is 2.18. The monoisotopic (exact) mass is 314 g/mol. The maximum Gasteiger partial charge on any atom is 0.324 e. The van der Waals surface area contributed by atoms with Gasteiger partial charge in [-0.3, -0.25) is 4.90 Å². The lowest BCUT2D eigenvalue weighted by Gasteiger charge is -2.29. The number of amides is 2. The van der Waals surface area contributed by atoms with Crippen molar-refractivity contribution < 1.29 is 9.90 Å². The molecule has 1 N–H and O–H groups in total. The highest BCUT2D eigenvalue weighted by atomic mass is 35.5. The summed E-state index contributed by atoms with van der Waals surface area (Å²) in [7, 11) is 5.43. The van der Waals surface area contributed by atoms with E-state index in [0.29, 0.717) is 23.9 Å². The Kier molecular flexibility index (Phi) is 6.87. The first kappa shape index (κ1) is 17.7. The van der Waals surface area contributed by atoms with Crippen molar-refractivity contribution in [2.24, 2.45) is 0 Å². The molecule has 0 spiro atoms. The summed E-state index contributed by atoms with van der Waals surface area (Å²) >= 11 is 5.86. The van der Waals surface area contributed by atoms with Crippen molar-refractivity contribution in [2.45, 2.75) is 13.0 Å². The fourth-order valence-corrected chi connectivity index (χ4v) is 2.24. The Hall–Kier alpha value is -1.37. The Labute approximate surface area is 130 Å². The third-order valence-corrected chi connectivity index (χ3v) is 3.16.